The maximum absolute atomic E-state index is 12.3. The third kappa shape index (κ3) is 3.82. The Morgan fingerprint density at radius 3 is 2.79 bits per heavy atom. The van der Waals surface area contributed by atoms with Crippen molar-refractivity contribution in [1.29, 1.82) is 0 Å². The summed E-state index contributed by atoms with van der Waals surface area (Å²) in [5.41, 5.74) is 3.16. The van der Waals surface area contributed by atoms with Gasteiger partial charge in [-0.15, -0.1) is 11.3 Å². The van der Waals surface area contributed by atoms with E-state index in [9.17, 15) is 4.79 Å². The van der Waals surface area contributed by atoms with E-state index in [0.717, 1.165) is 39.6 Å². The highest BCUT2D eigenvalue weighted by Gasteiger charge is 2.12. The number of fused-ring (bicyclic) bond motifs is 1. The van der Waals surface area contributed by atoms with Crippen molar-refractivity contribution in [3.05, 3.63) is 46.7 Å². The molecule has 0 saturated carbocycles. The van der Waals surface area contributed by atoms with Crippen LogP contribution in [0, 0.1) is 13.8 Å². The van der Waals surface area contributed by atoms with Crippen molar-refractivity contribution in [2.24, 2.45) is 0 Å². The van der Waals surface area contributed by atoms with Crippen LogP contribution >= 0.6 is 11.3 Å². The Labute approximate surface area is 145 Å². The number of benzene rings is 1. The summed E-state index contributed by atoms with van der Waals surface area (Å²) in [6.07, 6.45) is 1.32. The van der Waals surface area contributed by atoms with Gasteiger partial charge in [-0.05, 0) is 38.5 Å². The van der Waals surface area contributed by atoms with Crippen LogP contribution in [0.4, 0.5) is 0 Å². The lowest BCUT2D eigenvalue weighted by molar-refractivity contribution is -0.130. The molecule has 0 N–H and O–H groups in total. The van der Waals surface area contributed by atoms with Crippen LogP contribution in [0.25, 0.3) is 10.2 Å². The number of thiazole rings is 1. The fourth-order valence-corrected chi connectivity index (χ4v) is 3.77. The molecule has 0 aliphatic carbocycles. The highest BCUT2D eigenvalue weighted by atomic mass is 32.1. The van der Waals surface area contributed by atoms with Crippen LogP contribution < -0.4 is 0 Å². The minimum atomic E-state index is 0.149. The van der Waals surface area contributed by atoms with Crippen molar-refractivity contribution in [2.45, 2.75) is 39.8 Å². The molecule has 3 aromatic rings. The van der Waals surface area contributed by atoms with Crippen molar-refractivity contribution in [3.8, 4) is 0 Å². The number of carbonyl (C=O) groups is 1. The first kappa shape index (κ1) is 16.6. The minimum Gasteiger partial charge on any atom is -0.339 e. The van der Waals surface area contributed by atoms with Crippen LogP contribution in [0.2, 0.25) is 0 Å². The van der Waals surface area contributed by atoms with Crippen molar-refractivity contribution >= 4 is 27.5 Å². The summed E-state index contributed by atoms with van der Waals surface area (Å²) < 4.78 is 3.13. The molecule has 0 saturated heterocycles. The first-order chi connectivity index (χ1) is 11.5. The van der Waals surface area contributed by atoms with Crippen LogP contribution in [0.1, 0.15) is 29.2 Å². The second-order valence-corrected chi connectivity index (χ2v) is 7.19. The van der Waals surface area contributed by atoms with Crippen LogP contribution in [0.5, 0.6) is 0 Å². The maximum Gasteiger partial charge on any atom is 0.222 e. The van der Waals surface area contributed by atoms with E-state index in [2.05, 4.69) is 22.2 Å². The highest BCUT2D eigenvalue weighted by molar-refractivity contribution is 7.18. The van der Waals surface area contributed by atoms with Gasteiger partial charge in [-0.2, -0.15) is 5.10 Å². The summed E-state index contributed by atoms with van der Waals surface area (Å²) in [6.45, 7) is 5.37. The number of amides is 1. The number of hydrogen-bond acceptors (Lipinski definition) is 4. The Morgan fingerprint density at radius 2 is 2.08 bits per heavy atom. The van der Waals surface area contributed by atoms with Crippen LogP contribution in [0.3, 0.4) is 0 Å². The summed E-state index contributed by atoms with van der Waals surface area (Å²) in [5.74, 6) is 0.149. The molecule has 0 bridgehead atoms. The average Bonchev–Trinajstić information content (AvgIpc) is 3.09. The molecule has 0 fully saturated rings. The lowest BCUT2D eigenvalue weighted by Crippen LogP contribution is -2.26. The highest BCUT2D eigenvalue weighted by Crippen LogP contribution is 2.22. The SMILES string of the molecule is Cc1cc(C)n(CCCC(=O)N(C)Cc2nc3ccccc3s2)n1. The fraction of sp³-hybridized carbons (Fsp3) is 0.389. The molecule has 24 heavy (non-hydrogen) atoms. The predicted octanol–water partition coefficient (Wildman–Crippen LogP) is 3.55. The molecule has 1 amide bonds. The first-order valence-electron chi connectivity index (χ1n) is 8.12. The van der Waals surface area contributed by atoms with Gasteiger partial charge in [0, 0.05) is 25.7 Å². The smallest absolute Gasteiger partial charge is 0.222 e. The standard InChI is InChI=1S/C18H22N4OS/c1-13-11-14(2)22(20-13)10-6-9-18(23)21(3)12-17-19-15-7-4-5-8-16(15)24-17/h4-5,7-8,11H,6,9-10,12H2,1-3H3. The van der Waals surface area contributed by atoms with E-state index in [1.807, 2.05) is 43.8 Å². The van der Waals surface area contributed by atoms with Gasteiger partial charge in [0.2, 0.25) is 5.91 Å². The lowest BCUT2D eigenvalue weighted by atomic mass is 10.2. The van der Waals surface area contributed by atoms with Gasteiger partial charge in [-0.1, -0.05) is 12.1 Å². The van der Waals surface area contributed by atoms with Crippen molar-refractivity contribution in [3.63, 3.8) is 0 Å². The molecule has 1 aromatic carbocycles. The summed E-state index contributed by atoms with van der Waals surface area (Å²) in [4.78, 5) is 18.7. The molecule has 2 aromatic heterocycles. The third-order valence-corrected chi connectivity index (χ3v) is 5.02. The number of hydrogen-bond donors (Lipinski definition) is 0. The second-order valence-electron chi connectivity index (χ2n) is 6.08. The molecule has 3 rings (SSSR count). The number of rotatable bonds is 6. The van der Waals surface area contributed by atoms with Crippen molar-refractivity contribution < 1.29 is 4.79 Å². The average molecular weight is 342 g/mol. The number of aromatic nitrogens is 3. The lowest BCUT2D eigenvalue weighted by Gasteiger charge is -2.15. The number of aryl methyl sites for hydroxylation is 3. The number of nitrogens with zero attached hydrogens (tertiary/aromatic N) is 4. The van der Waals surface area contributed by atoms with Gasteiger partial charge in [0.25, 0.3) is 0 Å². The molecule has 6 heteroatoms. The molecular weight excluding hydrogens is 320 g/mol. The van der Waals surface area contributed by atoms with Crippen LogP contribution in [-0.2, 0) is 17.9 Å². The molecule has 0 aliphatic rings. The first-order valence-corrected chi connectivity index (χ1v) is 8.94. The van der Waals surface area contributed by atoms with E-state index < -0.39 is 0 Å². The fourth-order valence-electron chi connectivity index (χ4n) is 2.75. The van der Waals surface area contributed by atoms with Gasteiger partial charge in [-0.3, -0.25) is 9.48 Å². The molecule has 0 radical (unpaired) electrons. The number of carbonyl (C=O) groups excluding carboxylic acids is 1. The van der Waals surface area contributed by atoms with E-state index in [1.165, 1.54) is 0 Å². The van der Waals surface area contributed by atoms with Gasteiger partial charge in [0.05, 0.1) is 22.5 Å². The third-order valence-electron chi connectivity index (χ3n) is 4.00. The summed E-state index contributed by atoms with van der Waals surface area (Å²) in [7, 11) is 1.84. The zero-order chi connectivity index (χ0) is 17.1. The van der Waals surface area contributed by atoms with Gasteiger partial charge in [0.1, 0.15) is 5.01 Å². The molecule has 126 valence electrons. The maximum atomic E-state index is 12.3. The van der Waals surface area contributed by atoms with E-state index in [1.54, 1.807) is 16.2 Å². The van der Waals surface area contributed by atoms with E-state index in [0.29, 0.717) is 13.0 Å². The normalized spacial score (nSPS) is 11.1. The number of para-hydroxylation sites is 1. The quantitative estimate of drug-likeness (QED) is 0.688. The van der Waals surface area contributed by atoms with E-state index >= 15 is 0 Å². The van der Waals surface area contributed by atoms with Crippen molar-refractivity contribution in [1.82, 2.24) is 19.7 Å². The largest absolute Gasteiger partial charge is 0.339 e. The second kappa shape index (κ2) is 7.13. The molecule has 0 spiro atoms. The van der Waals surface area contributed by atoms with Gasteiger partial charge in [-0.25, -0.2) is 4.98 Å². The molecular formula is C18H22N4OS. The van der Waals surface area contributed by atoms with Gasteiger partial charge < -0.3 is 4.90 Å². The molecule has 0 unspecified atom stereocenters. The zero-order valence-electron chi connectivity index (χ0n) is 14.3. The van der Waals surface area contributed by atoms with Crippen LogP contribution in [0.15, 0.2) is 30.3 Å². The van der Waals surface area contributed by atoms with Crippen molar-refractivity contribution in [2.75, 3.05) is 7.05 Å². The monoisotopic (exact) mass is 342 g/mol. The van der Waals surface area contributed by atoms with E-state index in [4.69, 9.17) is 0 Å². The van der Waals surface area contributed by atoms with Crippen LogP contribution in [-0.4, -0.2) is 32.6 Å². The van der Waals surface area contributed by atoms with Gasteiger partial charge in [0.15, 0.2) is 0 Å². The Morgan fingerprint density at radius 1 is 1.29 bits per heavy atom. The molecule has 0 atom stereocenters. The molecule has 5 nitrogen and oxygen atoms in total. The Bertz CT molecular complexity index is 819. The molecule has 2 heterocycles. The molecule has 0 aliphatic heterocycles. The van der Waals surface area contributed by atoms with Gasteiger partial charge >= 0.3 is 0 Å². The predicted molar refractivity (Wildman–Crippen MR) is 97.0 cm³/mol. The topological polar surface area (TPSA) is 51.0 Å². The Balaban J connectivity index is 1.52. The Kier molecular flexibility index (Phi) is 4.94. The summed E-state index contributed by atoms with van der Waals surface area (Å²) in [5, 5.41) is 5.40. The summed E-state index contributed by atoms with van der Waals surface area (Å²) in [6, 6.07) is 10.1. The van der Waals surface area contributed by atoms with E-state index in [-0.39, 0.29) is 5.91 Å². The zero-order valence-corrected chi connectivity index (χ0v) is 15.1. The summed E-state index contributed by atoms with van der Waals surface area (Å²) >= 11 is 1.65. The Hall–Kier alpha value is -2.21. The minimum absolute atomic E-state index is 0.149.